The first-order valence-electron chi connectivity index (χ1n) is 32.0. The van der Waals surface area contributed by atoms with Gasteiger partial charge in [-0.1, -0.05) is 308 Å². The van der Waals surface area contributed by atoms with Crippen molar-refractivity contribution < 1.29 is 28.6 Å². The second-order valence-corrected chi connectivity index (χ2v) is 21.7. The number of hydrogen-bond acceptors (Lipinski definition) is 6. The Balaban J connectivity index is 4.01. The quantitative estimate of drug-likeness (QED) is 0.0261. The average molecular weight is 1010 g/mol. The Bertz CT molecular complexity index is 1210. The summed E-state index contributed by atoms with van der Waals surface area (Å²) in [4.78, 5) is 38.0. The molecule has 6 heteroatoms. The van der Waals surface area contributed by atoms with E-state index in [9.17, 15) is 14.4 Å². The van der Waals surface area contributed by atoms with Crippen LogP contribution in [0.1, 0.15) is 348 Å². The van der Waals surface area contributed by atoms with Crippen molar-refractivity contribution in [3.63, 3.8) is 0 Å². The summed E-state index contributed by atoms with van der Waals surface area (Å²) in [6.45, 7) is 6.64. The number of hydrogen-bond donors (Lipinski definition) is 0. The van der Waals surface area contributed by atoms with Gasteiger partial charge in [-0.25, -0.2) is 0 Å². The van der Waals surface area contributed by atoms with Gasteiger partial charge < -0.3 is 14.2 Å². The molecule has 0 rings (SSSR count). The van der Waals surface area contributed by atoms with Crippen LogP contribution in [0.2, 0.25) is 0 Å². The highest BCUT2D eigenvalue weighted by Gasteiger charge is 2.19. The van der Waals surface area contributed by atoms with E-state index in [0.29, 0.717) is 19.3 Å². The lowest BCUT2D eigenvalue weighted by Gasteiger charge is -2.18. The van der Waals surface area contributed by atoms with Crippen LogP contribution < -0.4 is 0 Å². The third-order valence-electron chi connectivity index (χ3n) is 14.4. The van der Waals surface area contributed by atoms with Crippen LogP contribution in [-0.4, -0.2) is 37.2 Å². The monoisotopic (exact) mass is 1010 g/mol. The number of esters is 3. The Morgan fingerprint density at radius 3 is 0.778 bits per heavy atom. The molecule has 0 aliphatic heterocycles. The maximum absolute atomic E-state index is 12.8. The molecule has 0 heterocycles. The van der Waals surface area contributed by atoms with E-state index >= 15 is 0 Å². The van der Waals surface area contributed by atoms with E-state index in [2.05, 4.69) is 57.2 Å². The van der Waals surface area contributed by atoms with E-state index in [1.165, 1.54) is 238 Å². The minimum absolute atomic E-state index is 0.0664. The smallest absolute Gasteiger partial charge is 0.306 e. The summed E-state index contributed by atoms with van der Waals surface area (Å²) in [5.41, 5.74) is 0. The molecule has 0 spiro atoms. The Morgan fingerprint density at radius 2 is 0.500 bits per heavy atom. The van der Waals surface area contributed by atoms with Crippen LogP contribution in [-0.2, 0) is 28.6 Å². The average Bonchev–Trinajstić information content (AvgIpc) is 3.38. The number of carbonyl (C=O) groups is 3. The zero-order valence-electron chi connectivity index (χ0n) is 48.5. The van der Waals surface area contributed by atoms with Gasteiger partial charge in [-0.2, -0.15) is 0 Å². The highest BCUT2D eigenvalue weighted by molar-refractivity contribution is 5.71. The normalized spacial score (nSPS) is 12.2. The Hall–Kier alpha value is -2.37. The van der Waals surface area contributed by atoms with Gasteiger partial charge in [0.25, 0.3) is 0 Å². The van der Waals surface area contributed by atoms with Crippen LogP contribution in [0.25, 0.3) is 0 Å². The molecule has 0 saturated carbocycles. The van der Waals surface area contributed by atoms with Gasteiger partial charge in [0.05, 0.1) is 0 Å². The molecule has 0 aliphatic rings. The molecular weight excluding hydrogens is 889 g/mol. The van der Waals surface area contributed by atoms with Gasteiger partial charge in [-0.15, -0.1) is 0 Å². The number of allylic oxidation sites excluding steroid dienone is 6. The second-order valence-electron chi connectivity index (χ2n) is 21.7. The zero-order valence-corrected chi connectivity index (χ0v) is 48.5. The molecule has 6 nitrogen and oxygen atoms in total. The lowest BCUT2D eigenvalue weighted by molar-refractivity contribution is -0.167. The SMILES string of the molecule is CCCCCCC/C=C\C/C=C\C/C=C\CCCCCCCCCCCCCCCCCCC(=O)OCC(COC(=O)CCCCCCCCC)OC(=O)CCCCCCCCCCCCCCCCCC. The third-order valence-corrected chi connectivity index (χ3v) is 14.4. The lowest BCUT2D eigenvalue weighted by atomic mass is 10.0. The van der Waals surface area contributed by atoms with E-state index in [1.54, 1.807) is 0 Å². The van der Waals surface area contributed by atoms with Crippen LogP contribution in [0.15, 0.2) is 36.5 Å². The van der Waals surface area contributed by atoms with Gasteiger partial charge in [0.1, 0.15) is 13.2 Å². The summed E-state index contributed by atoms with van der Waals surface area (Å²) in [7, 11) is 0. The van der Waals surface area contributed by atoms with Gasteiger partial charge >= 0.3 is 17.9 Å². The summed E-state index contributed by atoms with van der Waals surface area (Å²) in [5.74, 6) is -0.851. The number of unbranched alkanes of at least 4 members (excludes halogenated alkanes) is 42. The summed E-state index contributed by atoms with van der Waals surface area (Å²) >= 11 is 0. The number of rotatable bonds is 59. The van der Waals surface area contributed by atoms with E-state index in [-0.39, 0.29) is 31.1 Å². The molecule has 0 aromatic carbocycles. The Labute approximate surface area is 448 Å². The zero-order chi connectivity index (χ0) is 52.2. The summed E-state index contributed by atoms with van der Waals surface area (Å²) in [6.07, 6.45) is 74.7. The van der Waals surface area contributed by atoms with Crippen LogP contribution >= 0.6 is 0 Å². The van der Waals surface area contributed by atoms with Crippen molar-refractivity contribution in [1.29, 1.82) is 0 Å². The molecule has 72 heavy (non-hydrogen) atoms. The lowest BCUT2D eigenvalue weighted by Crippen LogP contribution is -2.30. The van der Waals surface area contributed by atoms with E-state index in [1.807, 2.05) is 0 Å². The predicted molar refractivity (Wildman–Crippen MR) is 312 cm³/mol. The molecule has 0 aromatic rings. The van der Waals surface area contributed by atoms with Crippen molar-refractivity contribution >= 4 is 17.9 Å². The molecule has 1 unspecified atom stereocenters. The molecule has 0 saturated heterocycles. The molecule has 0 aromatic heterocycles. The van der Waals surface area contributed by atoms with E-state index in [0.717, 1.165) is 70.6 Å². The first-order valence-corrected chi connectivity index (χ1v) is 32.0. The fourth-order valence-corrected chi connectivity index (χ4v) is 9.57. The molecule has 0 radical (unpaired) electrons. The van der Waals surface area contributed by atoms with E-state index < -0.39 is 6.10 Å². The van der Waals surface area contributed by atoms with Crippen molar-refractivity contribution in [1.82, 2.24) is 0 Å². The molecule has 1 atom stereocenters. The molecule has 0 N–H and O–H groups in total. The van der Waals surface area contributed by atoms with Crippen molar-refractivity contribution in [2.75, 3.05) is 13.2 Å². The van der Waals surface area contributed by atoms with Gasteiger partial charge in [0, 0.05) is 19.3 Å². The minimum Gasteiger partial charge on any atom is -0.462 e. The number of ether oxygens (including phenoxy) is 3. The maximum Gasteiger partial charge on any atom is 0.306 e. The topological polar surface area (TPSA) is 78.9 Å². The predicted octanol–water partition coefficient (Wildman–Crippen LogP) is 21.6. The third kappa shape index (κ3) is 58.5. The molecule has 0 bridgehead atoms. The summed E-state index contributed by atoms with van der Waals surface area (Å²) < 4.78 is 16.8. The fourth-order valence-electron chi connectivity index (χ4n) is 9.57. The van der Waals surface area contributed by atoms with Crippen LogP contribution in [0.3, 0.4) is 0 Å². The first kappa shape index (κ1) is 69.6. The van der Waals surface area contributed by atoms with Crippen molar-refractivity contribution in [3.05, 3.63) is 36.5 Å². The first-order chi connectivity index (χ1) is 35.5. The number of carbonyl (C=O) groups excluding carboxylic acids is 3. The van der Waals surface area contributed by atoms with Crippen molar-refractivity contribution in [3.8, 4) is 0 Å². The largest absolute Gasteiger partial charge is 0.462 e. The molecule has 422 valence electrons. The van der Waals surface area contributed by atoms with Gasteiger partial charge in [0.2, 0.25) is 0 Å². The standard InChI is InChI=1S/C66H122O6/c1-4-7-10-13-16-18-20-22-24-26-27-28-29-30-31-32-33-34-35-36-37-38-39-40-42-43-45-47-50-53-56-59-65(68)71-62-63(61-70-64(67)58-55-52-49-15-12-9-6-3)72-66(69)60-57-54-51-48-46-44-41-25-23-21-19-17-14-11-8-5-2/h20,22,26-27,29-30,63H,4-19,21,23-25,28,31-62H2,1-3H3/b22-20-,27-26-,30-29-. The summed E-state index contributed by atoms with van der Waals surface area (Å²) in [5, 5.41) is 0. The minimum atomic E-state index is -0.765. The van der Waals surface area contributed by atoms with Crippen LogP contribution in [0, 0.1) is 0 Å². The van der Waals surface area contributed by atoms with Gasteiger partial charge in [-0.3, -0.25) is 14.4 Å². The maximum atomic E-state index is 12.8. The molecule has 0 fully saturated rings. The van der Waals surface area contributed by atoms with Crippen molar-refractivity contribution in [2.24, 2.45) is 0 Å². The van der Waals surface area contributed by atoms with Crippen LogP contribution in [0.4, 0.5) is 0 Å². The molecular formula is C66H122O6. The van der Waals surface area contributed by atoms with Crippen molar-refractivity contribution in [2.45, 2.75) is 354 Å². The molecule has 0 aliphatic carbocycles. The highest BCUT2D eigenvalue weighted by Crippen LogP contribution is 2.18. The Kier molecular flexibility index (Phi) is 59.2. The second kappa shape index (κ2) is 61.2. The van der Waals surface area contributed by atoms with Gasteiger partial charge in [-0.05, 0) is 57.8 Å². The Morgan fingerprint density at radius 1 is 0.278 bits per heavy atom. The van der Waals surface area contributed by atoms with E-state index in [4.69, 9.17) is 14.2 Å². The summed E-state index contributed by atoms with van der Waals surface area (Å²) in [6, 6.07) is 0. The fraction of sp³-hybridized carbons (Fsp3) is 0.864. The molecule has 0 amide bonds. The highest BCUT2D eigenvalue weighted by atomic mass is 16.6. The van der Waals surface area contributed by atoms with Gasteiger partial charge in [0.15, 0.2) is 6.10 Å². The van der Waals surface area contributed by atoms with Crippen LogP contribution in [0.5, 0.6) is 0 Å².